The highest BCUT2D eigenvalue weighted by Gasteiger charge is 2.29. The third-order valence-corrected chi connectivity index (χ3v) is 3.69. The molecule has 0 fully saturated rings. The van der Waals surface area contributed by atoms with Gasteiger partial charge in [0, 0.05) is 11.2 Å². The summed E-state index contributed by atoms with van der Waals surface area (Å²) < 4.78 is 0. The minimum Gasteiger partial charge on any atom is -0.399 e. The van der Waals surface area contributed by atoms with E-state index in [1.165, 1.54) is 32.1 Å². The second-order valence-electron chi connectivity index (χ2n) is 5.10. The van der Waals surface area contributed by atoms with Crippen LogP contribution in [0.25, 0.3) is 0 Å². The van der Waals surface area contributed by atoms with Gasteiger partial charge < -0.3 is 11.5 Å². The molecule has 1 aliphatic carbocycles. The summed E-state index contributed by atoms with van der Waals surface area (Å²) in [5.41, 5.74) is 12.8. The highest BCUT2D eigenvalue weighted by molar-refractivity contribution is 5.27. The van der Waals surface area contributed by atoms with Crippen LogP contribution in [0.2, 0.25) is 0 Å². The van der Waals surface area contributed by atoms with Crippen LogP contribution in [0, 0.1) is 5.92 Å². The summed E-state index contributed by atoms with van der Waals surface area (Å²) in [5, 5.41) is 0. The molecule has 0 aromatic carbocycles. The molecule has 1 aliphatic rings. The molecule has 0 aromatic rings. The largest absolute Gasteiger partial charge is 0.399 e. The number of allylic oxidation sites excluding steroid dienone is 1. The zero-order valence-corrected chi connectivity index (χ0v) is 10.7. The van der Waals surface area contributed by atoms with Crippen molar-refractivity contribution < 1.29 is 0 Å². The first-order valence-corrected chi connectivity index (χ1v) is 6.52. The topological polar surface area (TPSA) is 52.0 Å². The third-order valence-electron chi connectivity index (χ3n) is 3.69. The van der Waals surface area contributed by atoms with E-state index in [0.717, 1.165) is 12.1 Å². The zero-order chi connectivity index (χ0) is 12.0. The lowest BCUT2D eigenvalue weighted by molar-refractivity contribution is 0.326. The number of hydrogen-bond donors (Lipinski definition) is 2. The van der Waals surface area contributed by atoms with Crippen LogP contribution >= 0.6 is 0 Å². The Balaban J connectivity index is 2.36. The second kappa shape index (κ2) is 6.09. The van der Waals surface area contributed by atoms with E-state index in [4.69, 9.17) is 11.5 Å². The molecule has 0 spiro atoms. The fraction of sp³-hybridized carbons (Fsp3) is 0.714. The molecule has 1 rings (SSSR count). The molecule has 2 unspecified atom stereocenters. The molecule has 2 atom stereocenters. The molecule has 0 saturated carbocycles. The van der Waals surface area contributed by atoms with Crippen molar-refractivity contribution in [2.45, 2.75) is 57.9 Å². The minimum absolute atomic E-state index is 0.172. The van der Waals surface area contributed by atoms with Crippen molar-refractivity contribution in [2.24, 2.45) is 17.4 Å². The Morgan fingerprint density at radius 1 is 1.38 bits per heavy atom. The van der Waals surface area contributed by atoms with Crippen molar-refractivity contribution in [3.05, 3.63) is 23.9 Å². The van der Waals surface area contributed by atoms with Crippen LogP contribution in [-0.2, 0) is 0 Å². The van der Waals surface area contributed by atoms with Crippen molar-refractivity contribution >= 4 is 0 Å². The predicted molar refractivity (Wildman–Crippen MR) is 70.9 cm³/mol. The standard InChI is InChI=1S/C14H26N2/c1-3-4-5-6-7-12(2)14(16)10-8-13(15)9-11-14/h8-10,12H,3-7,11,15-16H2,1-2H3. The molecule has 2 heteroatoms. The summed E-state index contributed by atoms with van der Waals surface area (Å²) >= 11 is 0. The summed E-state index contributed by atoms with van der Waals surface area (Å²) in [4.78, 5) is 0. The summed E-state index contributed by atoms with van der Waals surface area (Å²) in [6.07, 6.45) is 13.4. The van der Waals surface area contributed by atoms with Crippen molar-refractivity contribution in [3.63, 3.8) is 0 Å². The summed E-state index contributed by atoms with van der Waals surface area (Å²) in [7, 11) is 0. The van der Waals surface area contributed by atoms with Crippen molar-refractivity contribution in [1.29, 1.82) is 0 Å². The molecule has 0 amide bonds. The molecule has 0 aromatic heterocycles. The van der Waals surface area contributed by atoms with Gasteiger partial charge in [-0.15, -0.1) is 0 Å². The Kier molecular flexibility index (Phi) is 5.07. The SMILES string of the molecule is CCCCCCC(C)C1(N)C=CC(N)=CC1. The molecular formula is C14H26N2. The predicted octanol–water partition coefficient (Wildman–Crippen LogP) is 3.09. The van der Waals surface area contributed by atoms with E-state index in [-0.39, 0.29) is 5.54 Å². The lowest BCUT2D eigenvalue weighted by Crippen LogP contribution is -2.45. The quantitative estimate of drug-likeness (QED) is 0.678. The van der Waals surface area contributed by atoms with Crippen LogP contribution in [-0.4, -0.2) is 5.54 Å². The normalized spacial score (nSPS) is 26.6. The van der Waals surface area contributed by atoms with Gasteiger partial charge in [-0.2, -0.15) is 0 Å². The van der Waals surface area contributed by atoms with Gasteiger partial charge in [0.1, 0.15) is 0 Å². The van der Waals surface area contributed by atoms with E-state index in [0.29, 0.717) is 5.92 Å². The lowest BCUT2D eigenvalue weighted by atomic mass is 9.78. The van der Waals surface area contributed by atoms with Gasteiger partial charge in [-0.1, -0.05) is 51.7 Å². The molecule has 2 nitrogen and oxygen atoms in total. The van der Waals surface area contributed by atoms with Gasteiger partial charge in [-0.05, 0) is 24.8 Å². The molecular weight excluding hydrogens is 196 g/mol. The maximum absolute atomic E-state index is 6.39. The molecule has 0 bridgehead atoms. The van der Waals surface area contributed by atoms with Gasteiger partial charge in [0.05, 0.1) is 0 Å². The number of unbranched alkanes of at least 4 members (excludes halogenated alkanes) is 3. The first-order chi connectivity index (χ1) is 7.58. The van der Waals surface area contributed by atoms with Gasteiger partial charge >= 0.3 is 0 Å². The van der Waals surface area contributed by atoms with Crippen LogP contribution < -0.4 is 11.5 Å². The van der Waals surface area contributed by atoms with Gasteiger partial charge in [-0.25, -0.2) is 0 Å². The van der Waals surface area contributed by atoms with Crippen molar-refractivity contribution in [3.8, 4) is 0 Å². The summed E-state index contributed by atoms with van der Waals surface area (Å²) in [6, 6.07) is 0. The van der Waals surface area contributed by atoms with Gasteiger partial charge in [-0.3, -0.25) is 0 Å². The van der Waals surface area contributed by atoms with Gasteiger partial charge in [0.15, 0.2) is 0 Å². The fourth-order valence-electron chi connectivity index (χ4n) is 2.19. The molecule has 4 N–H and O–H groups in total. The molecule has 0 aliphatic heterocycles. The van der Waals surface area contributed by atoms with Crippen LogP contribution in [0.3, 0.4) is 0 Å². The molecule has 16 heavy (non-hydrogen) atoms. The first kappa shape index (κ1) is 13.3. The Labute approximate surface area is 99.8 Å². The maximum atomic E-state index is 6.39. The molecule has 92 valence electrons. The van der Waals surface area contributed by atoms with Crippen LogP contribution in [0.5, 0.6) is 0 Å². The Morgan fingerprint density at radius 3 is 2.69 bits per heavy atom. The average Bonchev–Trinajstić information content (AvgIpc) is 2.28. The van der Waals surface area contributed by atoms with E-state index >= 15 is 0 Å². The average molecular weight is 222 g/mol. The zero-order valence-electron chi connectivity index (χ0n) is 10.7. The van der Waals surface area contributed by atoms with E-state index in [9.17, 15) is 0 Å². The maximum Gasteiger partial charge on any atom is 0.0404 e. The highest BCUT2D eigenvalue weighted by atomic mass is 14.8. The van der Waals surface area contributed by atoms with Crippen molar-refractivity contribution in [2.75, 3.05) is 0 Å². The van der Waals surface area contributed by atoms with Gasteiger partial charge in [0.2, 0.25) is 0 Å². The Bertz CT molecular complexity index is 268. The van der Waals surface area contributed by atoms with Crippen LogP contribution in [0.4, 0.5) is 0 Å². The number of rotatable bonds is 6. The van der Waals surface area contributed by atoms with Crippen LogP contribution in [0.1, 0.15) is 52.4 Å². The van der Waals surface area contributed by atoms with Crippen LogP contribution in [0.15, 0.2) is 23.9 Å². The summed E-state index contributed by atoms with van der Waals surface area (Å²) in [6.45, 7) is 4.50. The number of hydrogen-bond acceptors (Lipinski definition) is 2. The molecule has 0 saturated heterocycles. The minimum atomic E-state index is -0.172. The molecule has 0 radical (unpaired) electrons. The second-order valence-corrected chi connectivity index (χ2v) is 5.10. The fourth-order valence-corrected chi connectivity index (χ4v) is 2.19. The monoisotopic (exact) mass is 222 g/mol. The van der Waals surface area contributed by atoms with E-state index in [2.05, 4.69) is 19.9 Å². The highest BCUT2D eigenvalue weighted by Crippen LogP contribution is 2.28. The van der Waals surface area contributed by atoms with E-state index in [1.807, 2.05) is 12.2 Å². The van der Waals surface area contributed by atoms with Gasteiger partial charge in [0.25, 0.3) is 0 Å². The number of nitrogens with two attached hydrogens (primary N) is 2. The van der Waals surface area contributed by atoms with E-state index < -0.39 is 0 Å². The Hall–Kier alpha value is -0.760. The van der Waals surface area contributed by atoms with Crippen molar-refractivity contribution in [1.82, 2.24) is 0 Å². The first-order valence-electron chi connectivity index (χ1n) is 6.52. The summed E-state index contributed by atoms with van der Waals surface area (Å²) in [5.74, 6) is 0.532. The molecule has 0 heterocycles. The smallest absolute Gasteiger partial charge is 0.0404 e. The third kappa shape index (κ3) is 3.67. The Morgan fingerprint density at radius 2 is 2.12 bits per heavy atom. The van der Waals surface area contributed by atoms with E-state index in [1.54, 1.807) is 0 Å². The lowest BCUT2D eigenvalue weighted by Gasteiger charge is -2.34.